The molecule has 0 aliphatic rings. The van der Waals surface area contributed by atoms with Crippen LogP contribution < -0.4 is 10.5 Å². The molecule has 17 heavy (non-hydrogen) atoms. The van der Waals surface area contributed by atoms with Gasteiger partial charge in [-0.1, -0.05) is 0 Å². The molecule has 0 heterocycles. The lowest BCUT2D eigenvalue weighted by molar-refractivity contribution is 0.285. The number of nitrogens with two attached hydrogens (primary N) is 1. The molecule has 0 radical (unpaired) electrons. The van der Waals surface area contributed by atoms with Crippen molar-refractivity contribution in [3.63, 3.8) is 0 Å². The number of aliphatic hydroxyl groups excluding tert-OH is 1. The first-order valence-corrected chi connectivity index (χ1v) is 6.61. The molecule has 1 aromatic carbocycles. The van der Waals surface area contributed by atoms with Crippen molar-refractivity contribution in [1.29, 1.82) is 0 Å². The number of aliphatic hydroxyl groups is 1. The smallest absolute Gasteiger partial charge is 0.240 e. The highest BCUT2D eigenvalue weighted by molar-refractivity contribution is 7.89. The summed E-state index contributed by atoms with van der Waals surface area (Å²) in [6.07, 6.45) is 1.03. The van der Waals surface area contributed by atoms with Crippen LogP contribution in [-0.2, 0) is 10.0 Å². The van der Waals surface area contributed by atoms with Gasteiger partial charge in [0.25, 0.3) is 0 Å². The number of rotatable bonds is 6. The van der Waals surface area contributed by atoms with Gasteiger partial charge in [0.15, 0.2) is 0 Å². The van der Waals surface area contributed by atoms with Gasteiger partial charge in [-0.15, -0.1) is 0 Å². The molecule has 96 valence electrons. The second kappa shape index (κ2) is 5.95. The number of benzene rings is 1. The van der Waals surface area contributed by atoms with Gasteiger partial charge in [-0.2, -0.15) is 0 Å². The molecule has 4 N–H and O–H groups in total. The zero-order valence-corrected chi connectivity index (χ0v) is 10.0. The third kappa shape index (κ3) is 3.95. The fraction of sp³-hybridized carbons (Fsp3) is 0.400. The third-order valence-electron chi connectivity index (χ3n) is 2.16. The summed E-state index contributed by atoms with van der Waals surface area (Å²) in [6.45, 7) is 0.215. The lowest BCUT2D eigenvalue weighted by Crippen LogP contribution is -2.25. The first-order chi connectivity index (χ1) is 7.97. The van der Waals surface area contributed by atoms with Gasteiger partial charge in [0.1, 0.15) is 5.82 Å². The Morgan fingerprint density at radius 3 is 2.65 bits per heavy atom. The molecule has 0 unspecified atom stereocenters. The maximum absolute atomic E-state index is 13.1. The van der Waals surface area contributed by atoms with Crippen LogP contribution in [-0.4, -0.2) is 26.7 Å². The van der Waals surface area contributed by atoms with Gasteiger partial charge in [-0.3, -0.25) is 0 Å². The van der Waals surface area contributed by atoms with E-state index >= 15 is 0 Å². The van der Waals surface area contributed by atoms with Gasteiger partial charge in [0.2, 0.25) is 10.0 Å². The summed E-state index contributed by atoms with van der Waals surface area (Å²) < 4.78 is 38.8. The van der Waals surface area contributed by atoms with E-state index in [-0.39, 0.29) is 23.7 Å². The minimum absolute atomic E-state index is 0.0121. The zero-order valence-electron chi connectivity index (χ0n) is 9.19. The largest absolute Gasteiger partial charge is 0.396 e. The highest BCUT2D eigenvalue weighted by Crippen LogP contribution is 2.15. The van der Waals surface area contributed by atoms with Gasteiger partial charge in [0.05, 0.1) is 10.6 Å². The van der Waals surface area contributed by atoms with Crippen LogP contribution in [0.5, 0.6) is 0 Å². The fourth-order valence-electron chi connectivity index (χ4n) is 1.20. The van der Waals surface area contributed by atoms with Crippen molar-refractivity contribution in [2.45, 2.75) is 17.7 Å². The predicted octanol–water partition coefficient (Wildman–Crippen LogP) is 0.459. The molecule has 0 amide bonds. The number of nitrogens with one attached hydrogen (secondary N) is 1. The SMILES string of the molecule is Nc1ccc(S(=O)(=O)NCCCCO)cc1F. The van der Waals surface area contributed by atoms with E-state index in [4.69, 9.17) is 10.8 Å². The van der Waals surface area contributed by atoms with E-state index in [0.29, 0.717) is 12.8 Å². The van der Waals surface area contributed by atoms with Crippen molar-refractivity contribution in [1.82, 2.24) is 4.72 Å². The molecule has 0 bridgehead atoms. The summed E-state index contributed by atoms with van der Waals surface area (Å²) in [4.78, 5) is -0.159. The lowest BCUT2D eigenvalue weighted by atomic mass is 10.3. The van der Waals surface area contributed by atoms with Crippen LogP contribution in [0, 0.1) is 5.82 Å². The summed E-state index contributed by atoms with van der Waals surface area (Å²) >= 11 is 0. The van der Waals surface area contributed by atoms with Crippen LogP contribution in [0.1, 0.15) is 12.8 Å². The van der Waals surface area contributed by atoms with Crippen LogP contribution in [0.25, 0.3) is 0 Å². The molecule has 0 fully saturated rings. The molecule has 1 rings (SSSR count). The number of hydrogen-bond donors (Lipinski definition) is 3. The molecular formula is C10H15FN2O3S. The van der Waals surface area contributed by atoms with Gasteiger partial charge in [0, 0.05) is 13.2 Å². The summed E-state index contributed by atoms with van der Waals surface area (Å²) in [5.74, 6) is -0.761. The van der Waals surface area contributed by atoms with Crippen LogP contribution in [0.15, 0.2) is 23.1 Å². The summed E-state index contributed by atoms with van der Waals surface area (Å²) in [5.41, 5.74) is 5.16. The highest BCUT2D eigenvalue weighted by atomic mass is 32.2. The topological polar surface area (TPSA) is 92.4 Å². The minimum atomic E-state index is -3.71. The Bertz CT molecular complexity index is 476. The Hall–Kier alpha value is -1.18. The quantitative estimate of drug-likeness (QED) is 0.513. The molecule has 7 heteroatoms. The normalized spacial score (nSPS) is 11.6. The Kier molecular flexibility index (Phi) is 4.86. The first-order valence-electron chi connectivity index (χ1n) is 5.13. The van der Waals surface area contributed by atoms with Crippen LogP contribution >= 0.6 is 0 Å². The Morgan fingerprint density at radius 1 is 1.35 bits per heavy atom. The second-order valence-electron chi connectivity index (χ2n) is 3.51. The average Bonchev–Trinajstić information content (AvgIpc) is 2.28. The third-order valence-corrected chi connectivity index (χ3v) is 3.62. The van der Waals surface area contributed by atoms with E-state index in [9.17, 15) is 12.8 Å². The highest BCUT2D eigenvalue weighted by Gasteiger charge is 2.14. The van der Waals surface area contributed by atoms with Crippen molar-refractivity contribution >= 4 is 15.7 Å². The van der Waals surface area contributed by atoms with Gasteiger partial charge in [-0.05, 0) is 31.0 Å². The second-order valence-corrected chi connectivity index (χ2v) is 5.28. The average molecular weight is 262 g/mol. The number of hydrogen-bond acceptors (Lipinski definition) is 4. The number of nitrogen functional groups attached to an aromatic ring is 1. The molecule has 0 atom stereocenters. The molecule has 5 nitrogen and oxygen atoms in total. The van der Waals surface area contributed by atoms with Gasteiger partial charge >= 0.3 is 0 Å². The Labute approximate surface area is 99.5 Å². The molecule has 0 spiro atoms. The van der Waals surface area contributed by atoms with Crippen LogP contribution in [0.3, 0.4) is 0 Å². The minimum Gasteiger partial charge on any atom is -0.396 e. The predicted molar refractivity (Wildman–Crippen MR) is 62.3 cm³/mol. The van der Waals surface area contributed by atoms with E-state index in [0.717, 1.165) is 6.07 Å². The van der Waals surface area contributed by atoms with Crippen molar-refractivity contribution in [2.75, 3.05) is 18.9 Å². The number of unbranched alkanes of at least 4 members (excludes halogenated alkanes) is 1. The number of anilines is 1. The Balaban J connectivity index is 2.72. The van der Waals surface area contributed by atoms with E-state index in [2.05, 4.69) is 4.72 Å². The van der Waals surface area contributed by atoms with Crippen molar-refractivity contribution < 1.29 is 17.9 Å². The molecule has 0 aliphatic carbocycles. The van der Waals surface area contributed by atoms with E-state index in [1.165, 1.54) is 12.1 Å². The van der Waals surface area contributed by atoms with Crippen molar-refractivity contribution in [3.05, 3.63) is 24.0 Å². The molecule has 1 aromatic rings. The maximum Gasteiger partial charge on any atom is 0.240 e. The van der Waals surface area contributed by atoms with E-state index in [1.54, 1.807) is 0 Å². The molecule has 0 aromatic heterocycles. The van der Waals surface area contributed by atoms with Gasteiger partial charge < -0.3 is 10.8 Å². The van der Waals surface area contributed by atoms with Crippen molar-refractivity contribution in [2.24, 2.45) is 0 Å². The molecule has 0 saturated heterocycles. The van der Waals surface area contributed by atoms with E-state index in [1.807, 2.05) is 0 Å². The lowest BCUT2D eigenvalue weighted by Gasteiger charge is -2.07. The summed E-state index contributed by atoms with van der Waals surface area (Å²) in [5, 5.41) is 8.54. The zero-order chi connectivity index (χ0) is 12.9. The summed E-state index contributed by atoms with van der Waals surface area (Å²) in [6, 6.07) is 3.33. The van der Waals surface area contributed by atoms with E-state index < -0.39 is 15.8 Å². The number of sulfonamides is 1. The van der Waals surface area contributed by atoms with Gasteiger partial charge in [-0.25, -0.2) is 17.5 Å². The monoisotopic (exact) mass is 262 g/mol. The number of halogens is 1. The Morgan fingerprint density at radius 2 is 2.06 bits per heavy atom. The van der Waals surface area contributed by atoms with Crippen LogP contribution in [0.4, 0.5) is 10.1 Å². The molecule has 0 aliphatic heterocycles. The van der Waals surface area contributed by atoms with Crippen LogP contribution in [0.2, 0.25) is 0 Å². The first kappa shape index (κ1) is 13.9. The fourth-order valence-corrected chi connectivity index (χ4v) is 2.29. The summed E-state index contributed by atoms with van der Waals surface area (Å²) in [7, 11) is -3.71. The molecular weight excluding hydrogens is 247 g/mol. The standard InChI is InChI=1S/C10H15FN2O3S/c11-9-7-8(3-4-10(9)12)17(15,16)13-5-1-2-6-14/h3-4,7,13-14H,1-2,5-6,12H2. The maximum atomic E-state index is 13.1. The molecule has 0 saturated carbocycles. The van der Waals surface area contributed by atoms with Crippen molar-refractivity contribution in [3.8, 4) is 0 Å².